The van der Waals surface area contributed by atoms with Gasteiger partial charge >= 0.3 is 0 Å². The molecule has 15 heavy (non-hydrogen) atoms. The fraction of sp³-hybridized carbons (Fsp3) is 0.538. The summed E-state index contributed by atoms with van der Waals surface area (Å²) < 4.78 is 0. The molecule has 0 aliphatic rings. The Balaban J connectivity index is 2.43. The first-order valence-corrected chi connectivity index (χ1v) is 5.68. The summed E-state index contributed by atoms with van der Waals surface area (Å²) in [7, 11) is 0. The van der Waals surface area contributed by atoms with Crippen LogP contribution < -0.4 is 5.32 Å². The molecule has 0 bridgehead atoms. The number of benzene rings is 1. The van der Waals surface area contributed by atoms with Gasteiger partial charge in [0, 0.05) is 5.56 Å². The first-order valence-electron chi connectivity index (χ1n) is 5.68. The minimum atomic E-state index is -0.222. The molecule has 0 aromatic heterocycles. The first kappa shape index (κ1) is 12.2. The van der Waals surface area contributed by atoms with E-state index in [0.29, 0.717) is 5.92 Å². The maximum absolute atomic E-state index is 9.12. The minimum absolute atomic E-state index is 0.222. The summed E-state index contributed by atoms with van der Waals surface area (Å²) in [5.41, 5.74) is 2.70. The summed E-state index contributed by atoms with van der Waals surface area (Å²) in [4.78, 5) is 0. The lowest BCUT2D eigenvalue weighted by Gasteiger charge is -2.07. The molecule has 0 fully saturated rings. The quantitative estimate of drug-likeness (QED) is 0.751. The number of aliphatic hydroxyl groups is 1. The van der Waals surface area contributed by atoms with Crippen molar-refractivity contribution in [2.75, 3.05) is 6.54 Å². The third kappa shape index (κ3) is 4.45. The molecule has 2 heteroatoms. The number of aliphatic hydroxyl groups excluding tert-OH is 1. The molecule has 0 saturated heterocycles. The van der Waals surface area contributed by atoms with Gasteiger partial charge in [-0.2, -0.15) is 0 Å². The average molecular weight is 208 g/mol. The van der Waals surface area contributed by atoms with Crippen molar-refractivity contribution in [2.24, 2.45) is 0 Å². The van der Waals surface area contributed by atoms with Crippen LogP contribution in [0.15, 0.2) is 24.3 Å². The summed E-state index contributed by atoms with van der Waals surface area (Å²) in [6.07, 6.45) is -0.222. The number of hydrogen-bond acceptors (Lipinski definition) is 1. The molecule has 3 N–H and O–H groups in total. The summed E-state index contributed by atoms with van der Waals surface area (Å²) in [6, 6.07) is 8.73. The second-order valence-corrected chi connectivity index (χ2v) is 4.47. The minimum Gasteiger partial charge on any atom is -0.388 e. The van der Waals surface area contributed by atoms with E-state index in [1.54, 1.807) is 0 Å². The van der Waals surface area contributed by atoms with Gasteiger partial charge in [0.1, 0.15) is 13.1 Å². The fourth-order valence-corrected chi connectivity index (χ4v) is 1.53. The van der Waals surface area contributed by atoms with Crippen LogP contribution in [-0.2, 0) is 6.54 Å². The third-order valence-corrected chi connectivity index (χ3v) is 2.53. The van der Waals surface area contributed by atoms with Crippen molar-refractivity contribution in [2.45, 2.75) is 39.3 Å². The van der Waals surface area contributed by atoms with Gasteiger partial charge in [-0.1, -0.05) is 38.1 Å². The van der Waals surface area contributed by atoms with E-state index in [9.17, 15) is 0 Å². The van der Waals surface area contributed by atoms with Crippen LogP contribution in [0.3, 0.4) is 0 Å². The second kappa shape index (κ2) is 5.89. The van der Waals surface area contributed by atoms with Crippen LogP contribution in [0, 0.1) is 0 Å². The van der Waals surface area contributed by atoms with Crippen molar-refractivity contribution in [1.29, 1.82) is 0 Å². The van der Waals surface area contributed by atoms with Crippen LogP contribution >= 0.6 is 0 Å². The molecule has 1 aromatic carbocycles. The van der Waals surface area contributed by atoms with Gasteiger partial charge < -0.3 is 10.4 Å². The Morgan fingerprint density at radius 3 is 2.20 bits per heavy atom. The fourth-order valence-electron chi connectivity index (χ4n) is 1.53. The van der Waals surface area contributed by atoms with Gasteiger partial charge in [-0.25, -0.2) is 0 Å². The number of quaternary nitrogens is 1. The van der Waals surface area contributed by atoms with E-state index in [0.717, 1.165) is 13.1 Å². The molecule has 0 aliphatic carbocycles. The van der Waals surface area contributed by atoms with Gasteiger partial charge in [0.25, 0.3) is 0 Å². The van der Waals surface area contributed by atoms with Crippen LogP contribution in [0.1, 0.15) is 37.8 Å². The second-order valence-electron chi connectivity index (χ2n) is 4.47. The molecule has 0 amide bonds. The van der Waals surface area contributed by atoms with Crippen molar-refractivity contribution in [3.05, 3.63) is 35.4 Å². The summed E-state index contributed by atoms with van der Waals surface area (Å²) in [5, 5.41) is 11.3. The Morgan fingerprint density at radius 1 is 1.13 bits per heavy atom. The van der Waals surface area contributed by atoms with Crippen molar-refractivity contribution in [1.82, 2.24) is 0 Å². The molecule has 0 aliphatic heterocycles. The molecule has 0 saturated carbocycles. The molecule has 2 nitrogen and oxygen atoms in total. The van der Waals surface area contributed by atoms with E-state index in [-0.39, 0.29) is 6.10 Å². The maximum atomic E-state index is 9.12. The molecular weight excluding hydrogens is 186 g/mol. The van der Waals surface area contributed by atoms with Crippen LogP contribution in [0.25, 0.3) is 0 Å². The summed E-state index contributed by atoms with van der Waals surface area (Å²) in [5.74, 6) is 0.598. The van der Waals surface area contributed by atoms with Crippen molar-refractivity contribution in [3.63, 3.8) is 0 Å². The molecule has 0 spiro atoms. The van der Waals surface area contributed by atoms with E-state index >= 15 is 0 Å². The van der Waals surface area contributed by atoms with E-state index in [4.69, 9.17) is 5.11 Å². The van der Waals surface area contributed by atoms with Crippen LogP contribution in [0.5, 0.6) is 0 Å². The highest BCUT2D eigenvalue weighted by Crippen LogP contribution is 2.13. The van der Waals surface area contributed by atoms with Gasteiger partial charge in [-0.3, -0.25) is 0 Å². The monoisotopic (exact) mass is 208 g/mol. The zero-order chi connectivity index (χ0) is 11.3. The predicted octanol–water partition coefficient (Wildman–Crippen LogP) is 1.25. The summed E-state index contributed by atoms with van der Waals surface area (Å²) in [6.45, 7) is 7.94. The normalized spacial score (nSPS) is 13.1. The van der Waals surface area contributed by atoms with Crippen LogP contribution in [0.2, 0.25) is 0 Å². The SMILES string of the molecule is CC(C)c1ccc(C[NH2+]C[C@@H](C)O)cc1. The van der Waals surface area contributed by atoms with E-state index in [2.05, 4.69) is 43.4 Å². The standard InChI is InChI=1S/C13H21NO/c1-10(2)13-6-4-12(5-7-13)9-14-8-11(3)15/h4-7,10-11,14-15H,8-9H2,1-3H3/p+1/t11-/m1/s1. The zero-order valence-corrected chi connectivity index (χ0v) is 9.90. The lowest BCUT2D eigenvalue weighted by Crippen LogP contribution is -2.84. The van der Waals surface area contributed by atoms with Crippen LogP contribution in [0.4, 0.5) is 0 Å². The Hall–Kier alpha value is -0.860. The van der Waals surface area contributed by atoms with Gasteiger partial charge in [-0.15, -0.1) is 0 Å². The molecule has 0 unspecified atom stereocenters. The van der Waals surface area contributed by atoms with Crippen molar-refractivity contribution in [3.8, 4) is 0 Å². The van der Waals surface area contributed by atoms with Crippen molar-refractivity contribution >= 4 is 0 Å². The van der Waals surface area contributed by atoms with E-state index in [1.165, 1.54) is 11.1 Å². The number of rotatable bonds is 5. The Bertz CT molecular complexity index is 277. The van der Waals surface area contributed by atoms with Gasteiger partial charge in [-0.05, 0) is 18.4 Å². The van der Waals surface area contributed by atoms with Gasteiger partial charge in [0.05, 0.1) is 6.10 Å². The van der Waals surface area contributed by atoms with Gasteiger partial charge in [0.2, 0.25) is 0 Å². The van der Waals surface area contributed by atoms with Crippen LogP contribution in [-0.4, -0.2) is 17.8 Å². The topological polar surface area (TPSA) is 36.8 Å². The lowest BCUT2D eigenvalue weighted by atomic mass is 10.0. The summed E-state index contributed by atoms with van der Waals surface area (Å²) >= 11 is 0. The molecule has 1 aromatic rings. The van der Waals surface area contributed by atoms with Crippen molar-refractivity contribution < 1.29 is 10.4 Å². The zero-order valence-electron chi connectivity index (χ0n) is 9.90. The van der Waals surface area contributed by atoms with Gasteiger partial charge in [0.15, 0.2) is 0 Å². The van der Waals surface area contributed by atoms with E-state index < -0.39 is 0 Å². The number of hydrogen-bond donors (Lipinski definition) is 2. The molecule has 0 heterocycles. The Labute approximate surface area is 92.3 Å². The Morgan fingerprint density at radius 2 is 1.73 bits per heavy atom. The molecule has 0 radical (unpaired) electrons. The third-order valence-electron chi connectivity index (χ3n) is 2.53. The Kier molecular flexibility index (Phi) is 4.79. The first-order chi connectivity index (χ1) is 7.09. The smallest absolute Gasteiger partial charge is 0.102 e. The molecule has 1 atom stereocenters. The highest BCUT2D eigenvalue weighted by atomic mass is 16.3. The molecular formula is C13H22NO+. The predicted molar refractivity (Wildman–Crippen MR) is 62.7 cm³/mol. The van der Waals surface area contributed by atoms with E-state index in [1.807, 2.05) is 6.92 Å². The highest BCUT2D eigenvalue weighted by Gasteiger charge is 2.01. The number of nitrogens with two attached hydrogens (primary N) is 1. The average Bonchev–Trinajstić information content (AvgIpc) is 2.18. The molecule has 84 valence electrons. The highest BCUT2D eigenvalue weighted by molar-refractivity contribution is 5.23. The molecule has 1 rings (SSSR count). The lowest BCUT2D eigenvalue weighted by molar-refractivity contribution is -0.676. The maximum Gasteiger partial charge on any atom is 0.102 e. The largest absolute Gasteiger partial charge is 0.388 e.